The topological polar surface area (TPSA) is 12.5 Å². The standard InChI is InChI=1S/C18H20ClNO.ClH/c1-13-14(2)18(20-8-10-21-11-9-20)17(19)12-16(13)15-6-4-3-5-7-15;/h3-7,12H,8-11H2,1-2H3;1H. The van der Waals surface area contributed by atoms with E-state index in [0.717, 1.165) is 37.0 Å². The van der Waals surface area contributed by atoms with Gasteiger partial charge >= 0.3 is 0 Å². The molecule has 0 amide bonds. The Morgan fingerprint density at radius 1 is 1.00 bits per heavy atom. The minimum absolute atomic E-state index is 0. The van der Waals surface area contributed by atoms with E-state index in [1.165, 1.54) is 22.3 Å². The van der Waals surface area contributed by atoms with Crippen LogP contribution in [-0.2, 0) is 4.74 Å². The van der Waals surface area contributed by atoms with Gasteiger partial charge in [0.05, 0.1) is 23.9 Å². The number of hydrogen-bond donors (Lipinski definition) is 0. The quantitative estimate of drug-likeness (QED) is 0.774. The van der Waals surface area contributed by atoms with Crippen molar-refractivity contribution in [3.8, 4) is 11.1 Å². The van der Waals surface area contributed by atoms with Crippen LogP contribution in [0.15, 0.2) is 36.4 Å². The third-order valence-corrected chi connectivity index (χ3v) is 4.52. The van der Waals surface area contributed by atoms with Gasteiger partial charge in [-0.25, -0.2) is 0 Å². The summed E-state index contributed by atoms with van der Waals surface area (Å²) in [5.41, 5.74) is 6.16. The van der Waals surface area contributed by atoms with Gasteiger partial charge in [-0.3, -0.25) is 0 Å². The molecular formula is C18H21Cl2NO. The Hall–Kier alpha value is -1.22. The Morgan fingerprint density at radius 3 is 2.27 bits per heavy atom. The van der Waals surface area contributed by atoms with Crippen LogP contribution in [0.3, 0.4) is 0 Å². The highest BCUT2D eigenvalue weighted by atomic mass is 35.5. The van der Waals surface area contributed by atoms with Crippen molar-refractivity contribution in [2.24, 2.45) is 0 Å². The Balaban J connectivity index is 0.00000176. The predicted molar refractivity (Wildman–Crippen MR) is 96.6 cm³/mol. The van der Waals surface area contributed by atoms with Gasteiger partial charge in [0.25, 0.3) is 0 Å². The monoisotopic (exact) mass is 337 g/mol. The molecule has 118 valence electrons. The van der Waals surface area contributed by atoms with Gasteiger partial charge in [-0.05, 0) is 42.2 Å². The summed E-state index contributed by atoms with van der Waals surface area (Å²) in [5.74, 6) is 0. The first-order valence-electron chi connectivity index (χ1n) is 7.36. The summed E-state index contributed by atoms with van der Waals surface area (Å²) in [6, 6.07) is 12.5. The molecule has 1 heterocycles. The van der Waals surface area contributed by atoms with E-state index in [0.29, 0.717) is 0 Å². The Morgan fingerprint density at radius 2 is 1.64 bits per heavy atom. The molecule has 0 saturated carbocycles. The van der Waals surface area contributed by atoms with Crippen LogP contribution in [0, 0.1) is 13.8 Å². The molecule has 1 saturated heterocycles. The summed E-state index contributed by atoms with van der Waals surface area (Å²) in [4.78, 5) is 2.34. The van der Waals surface area contributed by atoms with E-state index in [4.69, 9.17) is 16.3 Å². The lowest BCUT2D eigenvalue weighted by atomic mass is 9.95. The van der Waals surface area contributed by atoms with E-state index in [1.54, 1.807) is 0 Å². The second-order valence-corrected chi connectivity index (χ2v) is 5.88. The van der Waals surface area contributed by atoms with E-state index in [2.05, 4.69) is 49.1 Å². The van der Waals surface area contributed by atoms with Gasteiger partial charge in [-0.2, -0.15) is 0 Å². The molecule has 0 atom stereocenters. The SMILES string of the molecule is Cc1c(-c2ccccc2)cc(Cl)c(N2CCOCC2)c1C.Cl. The van der Waals surface area contributed by atoms with Crippen molar-refractivity contribution in [1.29, 1.82) is 0 Å². The van der Waals surface area contributed by atoms with E-state index in [9.17, 15) is 0 Å². The third kappa shape index (κ3) is 3.24. The maximum Gasteiger partial charge on any atom is 0.0648 e. The lowest BCUT2D eigenvalue weighted by Gasteiger charge is -2.32. The predicted octanol–water partition coefficient (Wildman–Crippen LogP) is 4.88. The molecule has 1 aliphatic rings. The minimum Gasteiger partial charge on any atom is -0.378 e. The zero-order valence-corrected chi connectivity index (χ0v) is 14.5. The van der Waals surface area contributed by atoms with Crippen molar-refractivity contribution >= 4 is 29.7 Å². The molecule has 2 nitrogen and oxygen atoms in total. The minimum atomic E-state index is 0. The number of morpholine rings is 1. The van der Waals surface area contributed by atoms with Crippen molar-refractivity contribution in [1.82, 2.24) is 0 Å². The molecule has 4 heteroatoms. The van der Waals surface area contributed by atoms with E-state index < -0.39 is 0 Å². The maximum absolute atomic E-state index is 6.61. The average Bonchev–Trinajstić information content (AvgIpc) is 2.53. The third-order valence-electron chi connectivity index (χ3n) is 4.23. The van der Waals surface area contributed by atoms with Gasteiger partial charge in [0.15, 0.2) is 0 Å². The molecule has 2 aromatic carbocycles. The summed E-state index contributed by atoms with van der Waals surface area (Å²) < 4.78 is 5.44. The van der Waals surface area contributed by atoms with Crippen molar-refractivity contribution < 1.29 is 4.74 Å². The van der Waals surface area contributed by atoms with Crippen LogP contribution in [0.5, 0.6) is 0 Å². The van der Waals surface area contributed by atoms with Gasteiger partial charge in [-0.1, -0.05) is 41.9 Å². The summed E-state index contributed by atoms with van der Waals surface area (Å²) in [6.45, 7) is 7.70. The van der Waals surface area contributed by atoms with Crippen LogP contribution in [0.1, 0.15) is 11.1 Å². The van der Waals surface area contributed by atoms with Crippen molar-refractivity contribution in [2.45, 2.75) is 13.8 Å². The number of benzene rings is 2. The number of hydrogen-bond acceptors (Lipinski definition) is 2. The zero-order valence-electron chi connectivity index (χ0n) is 12.9. The lowest BCUT2D eigenvalue weighted by Crippen LogP contribution is -2.37. The Bertz CT molecular complexity index is 637. The van der Waals surface area contributed by atoms with Crippen LogP contribution >= 0.6 is 24.0 Å². The maximum atomic E-state index is 6.61. The highest BCUT2D eigenvalue weighted by Gasteiger charge is 2.19. The Kier molecular flexibility index (Phi) is 5.74. The van der Waals surface area contributed by atoms with Crippen LogP contribution in [-0.4, -0.2) is 26.3 Å². The number of ether oxygens (including phenoxy) is 1. The average molecular weight is 338 g/mol. The van der Waals surface area contributed by atoms with Crippen LogP contribution in [0.25, 0.3) is 11.1 Å². The van der Waals surface area contributed by atoms with Crippen LogP contribution < -0.4 is 4.90 Å². The van der Waals surface area contributed by atoms with Gasteiger partial charge in [0.2, 0.25) is 0 Å². The largest absolute Gasteiger partial charge is 0.378 e. The van der Waals surface area contributed by atoms with Gasteiger partial charge < -0.3 is 9.64 Å². The lowest BCUT2D eigenvalue weighted by molar-refractivity contribution is 0.122. The smallest absolute Gasteiger partial charge is 0.0648 e. The fourth-order valence-corrected chi connectivity index (χ4v) is 3.33. The molecule has 0 unspecified atom stereocenters. The first-order valence-corrected chi connectivity index (χ1v) is 7.74. The molecule has 0 N–H and O–H groups in total. The van der Waals surface area contributed by atoms with Crippen molar-refractivity contribution in [2.75, 3.05) is 31.2 Å². The molecule has 3 rings (SSSR count). The molecule has 1 aliphatic heterocycles. The fourth-order valence-electron chi connectivity index (χ4n) is 2.95. The highest BCUT2D eigenvalue weighted by molar-refractivity contribution is 6.33. The summed E-state index contributed by atoms with van der Waals surface area (Å²) in [5, 5.41) is 0.832. The first-order chi connectivity index (χ1) is 10.2. The zero-order chi connectivity index (χ0) is 14.8. The second-order valence-electron chi connectivity index (χ2n) is 5.47. The molecule has 1 fully saturated rings. The molecule has 2 aromatic rings. The van der Waals surface area contributed by atoms with Gasteiger partial charge in [-0.15, -0.1) is 12.4 Å². The van der Waals surface area contributed by atoms with Crippen molar-refractivity contribution in [3.63, 3.8) is 0 Å². The first kappa shape index (κ1) is 17.1. The van der Waals surface area contributed by atoms with Crippen LogP contribution in [0.2, 0.25) is 5.02 Å². The molecule has 0 bridgehead atoms. The molecule has 22 heavy (non-hydrogen) atoms. The van der Waals surface area contributed by atoms with E-state index >= 15 is 0 Å². The molecule has 0 spiro atoms. The Labute approximate surface area is 143 Å². The second kappa shape index (κ2) is 7.36. The van der Waals surface area contributed by atoms with Gasteiger partial charge in [0, 0.05) is 13.1 Å². The highest BCUT2D eigenvalue weighted by Crippen LogP contribution is 2.38. The number of rotatable bonds is 2. The fraction of sp³-hybridized carbons (Fsp3) is 0.333. The van der Waals surface area contributed by atoms with E-state index in [-0.39, 0.29) is 12.4 Å². The molecule has 0 radical (unpaired) electrons. The molecule has 0 aliphatic carbocycles. The van der Waals surface area contributed by atoms with Crippen LogP contribution in [0.4, 0.5) is 5.69 Å². The van der Waals surface area contributed by atoms with Crippen molar-refractivity contribution in [3.05, 3.63) is 52.5 Å². The summed E-state index contributed by atoms with van der Waals surface area (Å²) in [7, 11) is 0. The molecule has 0 aromatic heterocycles. The van der Waals surface area contributed by atoms with Gasteiger partial charge in [0.1, 0.15) is 0 Å². The summed E-state index contributed by atoms with van der Waals surface area (Å²) in [6.07, 6.45) is 0. The number of halogens is 2. The normalized spacial score (nSPS) is 14.6. The molecular weight excluding hydrogens is 317 g/mol. The number of nitrogens with zero attached hydrogens (tertiary/aromatic N) is 1. The van der Waals surface area contributed by atoms with E-state index in [1.807, 2.05) is 6.07 Å². The number of anilines is 1. The summed E-state index contributed by atoms with van der Waals surface area (Å²) >= 11 is 6.61.